The summed E-state index contributed by atoms with van der Waals surface area (Å²) in [6, 6.07) is 18.3. The van der Waals surface area contributed by atoms with Gasteiger partial charge in [-0.3, -0.25) is 4.79 Å². The standard InChI is InChI=1S/C26H21Cl2IN2O3/c1-3-33-24-12-18(11-23(29)25(24)34-15-17-6-4-16(2)5-7-17)10-19(14-30)26(32)31-20-8-9-21(27)22(28)13-20/h4-13H,3,15H2,1-2H3,(H,31,32)/b19-10+. The minimum absolute atomic E-state index is 0.0716. The predicted octanol–water partition coefficient (Wildman–Crippen LogP) is 7.43. The number of nitrogens with one attached hydrogen (secondary N) is 1. The van der Waals surface area contributed by atoms with Crippen molar-refractivity contribution >= 4 is 63.5 Å². The molecule has 3 rings (SSSR count). The van der Waals surface area contributed by atoms with E-state index < -0.39 is 5.91 Å². The first-order chi connectivity index (χ1) is 16.3. The molecule has 3 aromatic carbocycles. The van der Waals surface area contributed by atoms with Crippen LogP contribution in [0.2, 0.25) is 10.0 Å². The summed E-state index contributed by atoms with van der Waals surface area (Å²) in [4.78, 5) is 12.7. The fourth-order valence-corrected chi connectivity index (χ4v) is 4.08. The lowest BCUT2D eigenvalue weighted by Crippen LogP contribution is -2.13. The first-order valence-corrected chi connectivity index (χ1v) is 12.2. The Kier molecular flexibility index (Phi) is 9.22. The van der Waals surface area contributed by atoms with E-state index in [1.807, 2.05) is 50.2 Å². The van der Waals surface area contributed by atoms with E-state index in [2.05, 4.69) is 27.9 Å². The summed E-state index contributed by atoms with van der Waals surface area (Å²) in [6.07, 6.45) is 1.50. The molecule has 0 aliphatic heterocycles. The second kappa shape index (κ2) is 12.1. The first-order valence-electron chi connectivity index (χ1n) is 10.3. The van der Waals surface area contributed by atoms with Gasteiger partial charge in [0.2, 0.25) is 0 Å². The molecule has 8 heteroatoms. The van der Waals surface area contributed by atoms with E-state index >= 15 is 0 Å². The van der Waals surface area contributed by atoms with Crippen molar-refractivity contribution in [2.24, 2.45) is 0 Å². The monoisotopic (exact) mass is 606 g/mol. The highest BCUT2D eigenvalue weighted by Crippen LogP contribution is 2.35. The minimum Gasteiger partial charge on any atom is -0.490 e. The maximum atomic E-state index is 12.7. The Bertz CT molecular complexity index is 1270. The molecule has 0 saturated heterocycles. The van der Waals surface area contributed by atoms with Gasteiger partial charge >= 0.3 is 0 Å². The number of carbonyl (C=O) groups excluding carboxylic acids is 1. The number of anilines is 1. The summed E-state index contributed by atoms with van der Waals surface area (Å²) in [6.45, 7) is 4.74. The quantitative estimate of drug-likeness (QED) is 0.164. The van der Waals surface area contributed by atoms with Gasteiger partial charge in [-0.15, -0.1) is 0 Å². The van der Waals surface area contributed by atoms with Crippen LogP contribution in [-0.4, -0.2) is 12.5 Å². The molecule has 0 spiro atoms. The normalized spacial score (nSPS) is 11.0. The van der Waals surface area contributed by atoms with E-state index in [1.54, 1.807) is 18.2 Å². The molecule has 0 atom stereocenters. The van der Waals surface area contributed by atoms with E-state index in [9.17, 15) is 10.1 Å². The Labute approximate surface area is 222 Å². The van der Waals surface area contributed by atoms with Gasteiger partial charge in [-0.25, -0.2) is 0 Å². The smallest absolute Gasteiger partial charge is 0.266 e. The second-order valence-electron chi connectivity index (χ2n) is 7.29. The van der Waals surface area contributed by atoms with Crippen molar-refractivity contribution < 1.29 is 14.3 Å². The molecule has 0 unspecified atom stereocenters. The molecule has 0 radical (unpaired) electrons. The number of halogens is 3. The number of amides is 1. The Morgan fingerprint density at radius 2 is 1.82 bits per heavy atom. The average molecular weight is 607 g/mol. The van der Waals surface area contributed by atoms with E-state index in [0.29, 0.717) is 46.0 Å². The van der Waals surface area contributed by atoms with Gasteiger partial charge in [-0.1, -0.05) is 53.0 Å². The molecule has 0 heterocycles. The van der Waals surface area contributed by atoms with Crippen LogP contribution in [0.15, 0.2) is 60.2 Å². The fourth-order valence-electron chi connectivity index (χ4n) is 3.00. The highest BCUT2D eigenvalue weighted by molar-refractivity contribution is 14.1. The zero-order valence-corrected chi connectivity index (χ0v) is 22.2. The molecule has 34 heavy (non-hydrogen) atoms. The Morgan fingerprint density at radius 3 is 2.47 bits per heavy atom. The summed E-state index contributed by atoms with van der Waals surface area (Å²) >= 11 is 14.1. The highest BCUT2D eigenvalue weighted by atomic mass is 127. The van der Waals surface area contributed by atoms with E-state index in [1.165, 1.54) is 17.7 Å². The lowest BCUT2D eigenvalue weighted by Gasteiger charge is -2.15. The van der Waals surface area contributed by atoms with Gasteiger partial charge in [0.05, 0.1) is 20.2 Å². The van der Waals surface area contributed by atoms with E-state index in [-0.39, 0.29) is 5.57 Å². The summed E-state index contributed by atoms with van der Waals surface area (Å²) in [5, 5.41) is 12.9. The number of aryl methyl sites for hydroxylation is 1. The molecular formula is C26H21Cl2IN2O3. The highest BCUT2D eigenvalue weighted by Gasteiger charge is 2.15. The van der Waals surface area contributed by atoms with Crippen LogP contribution in [-0.2, 0) is 11.4 Å². The molecule has 0 aromatic heterocycles. The average Bonchev–Trinajstić information content (AvgIpc) is 2.80. The van der Waals surface area contributed by atoms with Crippen molar-refractivity contribution in [1.29, 1.82) is 5.26 Å². The molecule has 5 nitrogen and oxygen atoms in total. The van der Waals surface area contributed by atoms with Gasteiger partial charge in [0.15, 0.2) is 11.5 Å². The molecule has 0 bridgehead atoms. The summed E-state index contributed by atoms with van der Waals surface area (Å²) in [5.74, 6) is 0.586. The number of hydrogen-bond acceptors (Lipinski definition) is 4. The van der Waals surface area contributed by atoms with Crippen LogP contribution in [0.25, 0.3) is 6.08 Å². The zero-order valence-electron chi connectivity index (χ0n) is 18.5. The van der Waals surface area contributed by atoms with Crippen LogP contribution in [0.3, 0.4) is 0 Å². The molecule has 174 valence electrons. The van der Waals surface area contributed by atoms with Crippen molar-refractivity contribution in [1.82, 2.24) is 0 Å². The maximum absolute atomic E-state index is 12.7. The molecule has 0 fully saturated rings. The molecule has 1 N–H and O–H groups in total. The van der Waals surface area contributed by atoms with E-state index in [0.717, 1.165) is 9.13 Å². The number of nitrogens with zero attached hydrogens (tertiary/aromatic N) is 1. The topological polar surface area (TPSA) is 71.3 Å². The summed E-state index contributed by atoms with van der Waals surface area (Å²) in [7, 11) is 0. The van der Waals surface area contributed by atoms with Crippen LogP contribution in [0.5, 0.6) is 11.5 Å². The van der Waals surface area contributed by atoms with Gasteiger partial charge in [0.25, 0.3) is 5.91 Å². The third-order valence-corrected chi connectivity index (χ3v) is 6.23. The molecule has 0 saturated carbocycles. The number of nitriles is 1. The zero-order chi connectivity index (χ0) is 24.7. The van der Waals surface area contributed by atoms with E-state index in [4.69, 9.17) is 32.7 Å². The third kappa shape index (κ3) is 6.89. The predicted molar refractivity (Wildman–Crippen MR) is 145 cm³/mol. The van der Waals surface area contributed by atoms with Crippen molar-refractivity contribution in [3.8, 4) is 17.6 Å². The largest absolute Gasteiger partial charge is 0.490 e. The summed E-state index contributed by atoms with van der Waals surface area (Å²) < 4.78 is 12.6. The Morgan fingerprint density at radius 1 is 1.09 bits per heavy atom. The summed E-state index contributed by atoms with van der Waals surface area (Å²) in [5.41, 5.74) is 3.22. The van der Waals surface area contributed by atoms with Gasteiger partial charge in [0, 0.05) is 5.69 Å². The Balaban J connectivity index is 1.84. The number of carbonyl (C=O) groups is 1. The van der Waals surface area contributed by atoms with Gasteiger partial charge in [-0.05, 0) is 84.0 Å². The number of hydrogen-bond donors (Lipinski definition) is 1. The van der Waals surface area contributed by atoms with Crippen LogP contribution in [0, 0.1) is 21.8 Å². The SMILES string of the molecule is CCOc1cc(/C=C(\C#N)C(=O)Nc2ccc(Cl)c(Cl)c2)cc(I)c1OCc1ccc(C)cc1. The lowest BCUT2D eigenvalue weighted by atomic mass is 10.1. The molecule has 3 aromatic rings. The van der Waals surface area contributed by atoms with Crippen LogP contribution >= 0.6 is 45.8 Å². The van der Waals surface area contributed by atoms with Gasteiger partial charge < -0.3 is 14.8 Å². The van der Waals surface area contributed by atoms with Crippen LogP contribution in [0.4, 0.5) is 5.69 Å². The van der Waals surface area contributed by atoms with Crippen molar-refractivity contribution in [2.75, 3.05) is 11.9 Å². The van der Waals surface area contributed by atoms with Crippen molar-refractivity contribution in [3.63, 3.8) is 0 Å². The number of rotatable bonds is 8. The molecule has 0 aliphatic carbocycles. The lowest BCUT2D eigenvalue weighted by molar-refractivity contribution is -0.112. The molecule has 1 amide bonds. The Hall–Kier alpha value is -2.73. The van der Waals surface area contributed by atoms with Crippen LogP contribution in [0.1, 0.15) is 23.6 Å². The van der Waals surface area contributed by atoms with Crippen molar-refractivity contribution in [2.45, 2.75) is 20.5 Å². The molecule has 0 aliphatic rings. The molecular weight excluding hydrogens is 586 g/mol. The number of ether oxygens (including phenoxy) is 2. The van der Waals surface area contributed by atoms with Gasteiger partial charge in [-0.2, -0.15) is 5.26 Å². The maximum Gasteiger partial charge on any atom is 0.266 e. The fraction of sp³-hybridized carbons (Fsp3) is 0.154. The van der Waals surface area contributed by atoms with Gasteiger partial charge in [0.1, 0.15) is 18.2 Å². The van der Waals surface area contributed by atoms with Crippen LogP contribution < -0.4 is 14.8 Å². The van der Waals surface area contributed by atoms with Crippen molar-refractivity contribution in [3.05, 3.63) is 90.5 Å². The second-order valence-corrected chi connectivity index (χ2v) is 9.27. The first kappa shape index (κ1) is 25.9. The third-order valence-electron chi connectivity index (χ3n) is 4.69. The minimum atomic E-state index is -0.562. The number of benzene rings is 3.